The van der Waals surface area contributed by atoms with Crippen LogP contribution in [0.25, 0.3) is 17.0 Å². The molecule has 1 N–H and O–H groups in total. The minimum atomic E-state index is -4.89. The van der Waals surface area contributed by atoms with Gasteiger partial charge in [0.15, 0.2) is 11.5 Å². The van der Waals surface area contributed by atoms with Crippen LogP contribution < -0.4 is 19.5 Å². The van der Waals surface area contributed by atoms with Crippen LogP contribution in [-0.2, 0) is 19.7 Å². The first kappa shape index (κ1) is 35.3. The van der Waals surface area contributed by atoms with Gasteiger partial charge in [-0.05, 0) is 53.5 Å². The largest absolute Gasteiger partial charge is 0.487 e. The molecule has 0 bridgehead atoms. The van der Waals surface area contributed by atoms with Gasteiger partial charge in [0.05, 0.1) is 17.7 Å². The van der Waals surface area contributed by atoms with Crippen molar-refractivity contribution in [2.45, 2.75) is 38.5 Å². The molecule has 0 spiro atoms. The van der Waals surface area contributed by atoms with Gasteiger partial charge < -0.3 is 29.0 Å². The predicted octanol–water partition coefficient (Wildman–Crippen LogP) is 7.66. The van der Waals surface area contributed by atoms with E-state index in [0.29, 0.717) is 44.3 Å². The second kappa shape index (κ2) is 14.6. The third-order valence-corrected chi connectivity index (χ3v) is 7.70. The average molecular weight is 696 g/mol. The van der Waals surface area contributed by atoms with Gasteiger partial charge in [-0.2, -0.15) is 13.2 Å². The fourth-order valence-electron chi connectivity index (χ4n) is 5.02. The Labute approximate surface area is 286 Å². The molecule has 1 aliphatic heterocycles. The summed E-state index contributed by atoms with van der Waals surface area (Å²) in [5, 5.41) is 4.18. The molecule has 2 heterocycles. The number of anilines is 2. The number of benzene rings is 3. The SMILES string of the molecule is C#Cc1cccc(Nc2ncnc3cc(OCCOC(=O)C4=Cc5cc(Cl)c(C(C)(C)C)cc5OC4C(F)(F)F)c(OCCOC)cc23)c1. The minimum absolute atomic E-state index is 0.0305. The Bertz CT molecular complexity index is 1930. The van der Waals surface area contributed by atoms with Crippen LogP contribution in [0, 0.1) is 12.3 Å². The summed E-state index contributed by atoms with van der Waals surface area (Å²) in [6, 6.07) is 13.5. The van der Waals surface area contributed by atoms with E-state index in [2.05, 4.69) is 21.2 Å². The van der Waals surface area contributed by atoms with Gasteiger partial charge in [-0.1, -0.05) is 44.4 Å². The van der Waals surface area contributed by atoms with Gasteiger partial charge in [0.25, 0.3) is 0 Å². The number of alkyl halides is 3. The van der Waals surface area contributed by atoms with E-state index in [0.717, 1.165) is 6.08 Å². The lowest BCUT2D eigenvalue weighted by Gasteiger charge is -2.30. The molecule has 0 fully saturated rings. The number of aromatic nitrogens is 2. The van der Waals surface area contributed by atoms with Gasteiger partial charge >= 0.3 is 12.1 Å². The van der Waals surface area contributed by atoms with E-state index in [1.807, 2.05) is 32.9 Å². The number of methoxy groups -OCH3 is 1. The molecular weight excluding hydrogens is 663 g/mol. The Balaban J connectivity index is 1.33. The first-order chi connectivity index (χ1) is 23.3. The zero-order valence-corrected chi connectivity index (χ0v) is 27.9. The van der Waals surface area contributed by atoms with Crippen LogP contribution in [0.2, 0.25) is 5.02 Å². The van der Waals surface area contributed by atoms with Crippen LogP contribution in [0.15, 0.2) is 60.4 Å². The highest BCUT2D eigenvalue weighted by Gasteiger charge is 2.49. The number of halogens is 4. The van der Waals surface area contributed by atoms with Crippen molar-refractivity contribution in [3.8, 4) is 29.6 Å². The first-order valence-electron chi connectivity index (χ1n) is 15.1. The van der Waals surface area contributed by atoms with Crippen molar-refractivity contribution in [2.24, 2.45) is 0 Å². The molecule has 4 aromatic rings. The summed E-state index contributed by atoms with van der Waals surface area (Å²) in [5.41, 5.74) is 1.58. The molecule has 1 aromatic heterocycles. The van der Waals surface area contributed by atoms with Crippen molar-refractivity contribution in [1.82, 2.24) is 9.97 Å². The second-order valence-corrected chi connectivity index (χ2v) is 12.4. The molecule has 0 radical (unpaired) electrons. The summed E-state index contributed by atoms with van der Waals surface area (Å²) >= 11 is 6.43. The Hall–Kier alpha value is -4.99. The molecule has 1 atom stereocenters. The molecule has 3 aromatic carbocycles. The summed E-state index contributed by atoms with van der Waals surface area (Å²) in [4.78, 5) is 21.7. The number of hydrogen-bond donors (Lipinski definition) is 1. The Morgan fingerprint density at radius 2 is 1.76 bits per heavy atom. The van der Waals surface area contributed by atoms with E-state index >= 15 is 0 Å². The van der Waals surface area contributed by atoms with E-state index in [1.54, 1.807) is 24.3 Å². The summed E-state index contributed by atoms with van der Waals surface area (Å²) in [6.45, 7) is 5.51. The maximum atomic E-state index is 14.1. The number of rotatable bonds is 11. The van der Waals surface area contributed by atoms with Crippen LogP contribution in [0.4, 0.5) is 24.7 Å². The van der Waals surface area contributed by atoms with Crippen molar-refractivity contribution in [2.75, 3.05) is 38.9 Å². The van der Waals surface area contributed by atoms with Crippen LogP contribution in [0.1, 0.15) is 37.5 Å². The lowest BCUT2D eigenvalue weighted by molar-refractivity contribution is -0.188. The number of ether oxygens (including phenoxy) is 5. The number of esters is 1. The Morgan fingerprint density at radius 3 is 2.45 bits per heavy atom. The molecule has 1 aliphatic rings. The summed E-state index contributed by atoms with van der Waals surface area (Å²) in [6.07, 6.45) is 0.586. The molecule has 0 aliphatic carbocycles. The van der Waals surface area contributed by atoms with Crippen molar-refractivity contribution in [1.29, 1.82) is 0 Å². The fraction of sp³-hybridized carbons (Fsp3) is 0.306. The predicted molar refractivity (Wildman–Crippen MR) is 180 cm³/mol. The minimum Gasteiger partial charge on any atom is -0.487 e. The monoisotopic (exact) mass is 695 g/mol. The van der Waals surface area contributed by atoms with Crippen LogP contribution >= 0.6 is 11.6 Å². The third kappa shape index (κ3) is 8.36. The van der Waals surface area contributed by atoms with Gasteiger partial charge in [0.2, 0.25) is 6.10 Å². The van der Waals surface area contributed by atoms with Crippen LogP contribution in [-0.4, -0.2) is 61.8 Å². The first-order valence-corrected chi connectivity index (χ1v) is 15.5. The summed E-state index contributed by atoms with van der Waals surface area (Å²) in [7, 11) is 1.53. The molecule has 0 amide bonds. The fourth-order valence-corrected chi connectivity index (χ4v) is 5.47. The van der Waals surface area contributed by atoms with Crippen molar-refractivity contribution >= 4 is 46.1 Å². The molecule has 0 saturated carbocycles. The van der Waals surface area contributed by atoms with Gasteiger partial charge in [0.1, 0.15) is 37.7 Å². The third-order valence-electron chi connectivity index (χ3n) is 7.39. The quantitative estimate of drug-likeness (QED) is 0.0963. The van der Waals surface area contributed by atoms with Crippen LogP contribution in [0.5, 0.6) is 17.2 Å². The van der Waals surface area contributed by atoms with E-state index in [-0.39, 0.29) is 43.5 Å². The molecule has 49 heavy (non-hydrogen) atoms. The number of nitrogens with zero attached hydrogens (tertiary/aromatic N) is 2. The number of carbonyl (C=O) groups excluding carboxylic acids is 1. The molecule has 0 saturated heterocycles. The highest BCUT2D eigenvalue weighted by molar-refractivity contribution is 6.31. The number of nitrogens with one attached hydrogen (secondary N) is 1. The van der Waals surface area contributed by atoms with Gasteiger partial charge in [0, 0.05) is 40.4 Å². The molecule has 9 nitrogen and oxygen atoms in total. The zero-order valence-electron chi connectivity index (χ0n) is 27.1. The van der Waals surface area contributed by atoms with E-state index in [1.165, 1.54) is 25.6 Å². The van der Waals surface area contributed by atoms with Gasteiger partial charge in [-0.15, -0.1) is 6.42 Å². The molecule has 1 unspecified atom stereocenters. The van der Waals surface area contributed by atoms with Gasteiger partial charge in [-0.25, -0.2) is 14.8 Å². The molecule has 5 rings (SSSR count). The smallest absolute Gasteiger partial charge is 0.430 e. The normalized spacial score (nSPS) is 14.3. The number of terminal acetylenes is 1. The van der Waals surface area contributed by atoms with Crippen LogP contribution in [0.3, 0.4) is 0 Å². The zero-order chi connectivity index (χ0) is 35.3. The lowest BCUT2D eigenvalue weighted by Crippen LogP contribution is -2.41. The summed E-state index contributed by atoms with van der Waals surface area (Å²) < 4.78 is 69.7. The standard InChI is InChI=1S/C36H33ClF3N3O6/c1-6-21-8-7-9-23(14-21)43-33-24-17-30(46-11-10-45-5)31(19-28(24)41-20-42-33)47-12-13-48-34(44)25-15-22-16-27(37)26(35(2,3)4)18-29(22)49-32(25)36(38,39)40/h1,7-9,14-20,32H,10-13H2,2-5H3,(H,41,42,43). The van der Waals surface area contributed by atoms with E-state index < -0.39 is 29.2 Å². The topological polar surface area (TPSA) is 101 Å². The maximum Gasteiger partial charge on any atom is 0.430 e. The number of carbonyl (C=O) groups is 1. The van der Waals surface area contributed by atoms with Gasteiger partial charge in [-0.3, -0.25) is 0 Å². The van der Waals surface area contributed by atoms with Crippen molar-refractivity contribution in [3.05, 3.63) is 82.1 Å². The highest BCUT2D eigenvalue weighted by atomic mass is 35.5. The Morgan fingerprint density at radius 1 is 1.02 bits per heavy atom. The maximum absolute atomic E-state index is 14.1. The Kier molecular flexibility index (Phi) is 10.6. The second-order valence-electron chi connectivity index (χ2n) is 12.0. The van der Waals surface area contributed by atoms with Crippen molar-refractivity contribution < 1.29 is 41.7 Å². The summed E-state index contributed by atoms with van der Waals surface area (Å²) in [5.74, 6) is 2.40. The van der Waals surface area contributed by atoms with E-state index in [4.69, 9.17) is 41.7 Å². The van der Waals surface area contributed by atoms with E-state index in [9.17, 15) is 18.0 Å². The molecule has 13 heteroatoms. The molecular formula is C36H33ClF3N3O6. The average Bonchev–Trinajstić information content (AvgIpc) is 3.05. The molecule has 256 valence electrons. The lowest BCUT2D eigenvalue weighted by atomic mass is 9.85. The van der Waals surface area contributed by atoms with Crippen molar-refractivity contribution in [3.63, 3.8) is 0 Å². The number of fused-ring (bicyclic) bond motifs is 2. The number of hydrogen-bond acceptors (Lipinski definition) is 9. The highest BCUT2D eigenvalue weighted by Crippen LogP contribution is 2.42.